The summed E-state index contributed by atoms with van der Waals surface area (Å²) in [6.45, 7) is 5.13. The average molecular weight is 688 g/mol. The minimum absolute atomic E-state index is 0.0454. The van der Waals surface area contributed by atoms with Gasteiger partial charge in [0.2, 0.25) is 17.7 Å². The van der Waals surface area contributed by atoms with Gasteiger partial charge in [-0.25, -0.2) is 8.78 Å². The van der Waals surface area contributed by atoms with Crippen LogP contribution in [0.5, 0.6) is 0 Å². The molecule has 0 aliphatic carbocycles. The van der Waals surface area contributed by atoms with E-state index < -0.39 is 41.1 Å². The molecule has 50 heavy (non-hydrogen) atoms. The number of hydrogen-bond acceptors (Lipinski definition) is 5. The lowest BCUT2D eigenvalue weighted by Crippen LogP contribution is -2.56. The standard InChI is InChI=1S/C40H51F2N5O3/c1-40(2,43)22-9-14-37(48)46(4)36(26-28-15-18-31(19-16-28)30-11-7-6-8-12-30)39(50)47(5)35(27-29-17-20-33(41)34(42)25-29)38(49)44-23-21-32-13-10-24-45(32)3/h6-9,11-12,14-20,25,32,35-36H,10,13,21-24,26-27,43H2,1-5H3,(H,44,49)/t32?,35-,36-/m1/s1. The lowest BCUT2D eigenvalue weighted by Gasteiger charge is -2.34. The second-order valence-corrected chi connectivity index (χ2v) is 14.1. The van der Waals surface area contributed by atoms with Crippen LogP contribution in [0, 0.1) is 11.6 Å². The van der Waals surface area contributed by atoms with Crippen molar-refractivity contribution in [1.82, 2.24) is 20.0 Å². The molecule has 8 nitrogen and oxygen atoms in total. The van der Waals surface area contributed by atoms with Gasteiger partial charge in [0.05, 0.1) is 0 Å². The Morgan fingerprint density at radius 2 is 1.56 bits per heavy atom. The van der Waals surface area contributed by atoms with Gasteiger partial charge in [0.15, 0.2) is 11.6 Å². The van der Waals surface area contributed by atoms with Gasteiger partial charge in [-0.1, -0.05) is 66.7 Å². The van der Waals surface area contributed by atoms with Gasteiger partial charge in [-0.3, -0.25) is 14.4 Å². The zero-order valence-corrected chi connectivity index (χ0v) is 29.9. The highest BCUT2D eigenvalue weighted by atomic mass is 19.2. The van der Waals surface area contributed by atoms with Crippen LogP contribution in [0.3, 0.4) is 0 Å². The maximum Gasteiger partial charge on any atom is 0.246 e. The van der Waals surface area contributed by atoms with E-state index in [-0.39, 0.29) is 18.7 Å². The van der Waals surface area contributed by atoms with Crippen LogP contribution in [0.15, 0.2) is 84.9 Å². The Morgan fingerprint density at radius 3 is 2.18 bits per heavy atom. The first-order valence-corrected chi connectivity index (χ1v) is 17.3. The van der Waals surface area contributed by atoms with Crippen molar-refractivity contribution in [2.45, 2.75) is 76.0 Å². The Bertz CT molecular complexity index is 1620. The third-order valence-electron chi connectivity index (χ3n) is 9.47. The number of nitrogens with two attached hydrogens (primary N) is 1. The lowest BCUT2D eigenvalue weighted by molar-refractivity contribution is -0.146. The van der Waals surface area contributed by atoms with Crippen LogP contribution in [0.25, 0.3) is 11.1 Å². The fourth-order valence-electron chi connectivity index (χ4n) is 6.32. The van der Waals surface area contributed by atoms with Gasteiger partial charge >= 0.3 is 0 Å². The normalized spacial score (nSPS) is 16.3. The summed E-state index contributed by atoms with van der Waals surface area (Å²) in [5.74, 6) is -3.28. The summed E-state index contributed by atoms with van der Waals surface area (Å²) >= 11 is 0. The number of halogens is 2. The van der Waals surface area contributed by atoms with Crippen molar-refractivity contribution in [3.05, 3.63) is 108 Å². The number of likely N-dealkylation sites (tertiary alicyclic amines) is 1. The number of rotatable bonds is 15. The third kappa shape index (κ3) is 10.8. The van der Waals surface area contributed by atoms with Gasteiger partial charge in [0, 0.05) is 45.1 Å². The summed E-state index contributed by atoms with van der Waals surface area (Å²) in [4.78, 5) is 46.7. The van der Waals surface area contributed by atoms with Gasteiger partial charge in [0.25, 0.3) is 0 Å². The van der Waals surface area contributed by atoms with Gasteiger partial charge in [0.1, 0.15) is 12.1 Å². The van der Waals surface area contributed by atoms with E-state index in [2.05, 4.69) is 17.3 Å². The van der Waals surface area contributed by atoms with E-state index in [4.69, 9.17) is 5.73 Å². The molecule has 3 aromatic rings. The van der Waals surface area contributed by atoms with E-state index in [0.29, 0.717) is 24.6 Å². The summed E-state index contributed by atoms with van der Waals surface area (Å²) in [5.41, 5.74) is 8.84. The molecule has 1 saturated heterocycles. The monoisotopic (exact) mass is 687 g/mol. The quantitative estimate of drug-likeness (QED) is 0.210. The van der Waals surface area contributed by atoms with Crippen molar-refractivity contribution in [2.75, 3.05) is 34.2 Å². The van der Waals surface area contributed by atoms with Crippen molar-refractivity contribution in [3.8, 4) is 11.1 Å². The molecule has 3 aromatic carbocycles. The molecule has 0 spiro atoms. The fraction of sp³-hybridized carbons (Fsp3) is 0.425. The highest BCUT2D eigenvalue weighted by Crippen LogP contribution is 2.22. The topological polar surface area (TPSA) is 99.0 Å². The number of carbonyl (C=O) groups is 3. The Labute approximate surface area is 295 Å². The molecule has 4 rings (SSSR count). The molecular weight excluding hydrogens is 636 g/mol. The second-order valence-electron chi connectivity index (χ2n) is 14.1. The molecule has 1 aliphatic rings. The van der Waals surface area contributed by atoms with Crippen LogP contribution in [0.4, 0.5) is 8.78 Å². The van der Waals surface area contributed by atoms with E-state index in [0.717, 1.165) is 54.6 Å². The number of likely N-dealkylation sites (N-methyl/N-ethyl adjacent to an activating group) is 2. The van der Waals surface area contributed by atoms with Crippen LogP contribution >= 0.6 is 0 Å². The first-order valence-electron chi connectivity index (χ1n) is 17.3. The summed E-state index contributed by atoms with van der Waals surface area (Å²) in [6, 6.07) is 19.5. The van der Waals surface area contributed by atoms with Crippen LogP contribution in [0.1, 0.15) is 50.7 Å². The van der Waals surface area contributed by atoms with Gasteiger partial charge in [-0.05, 0) is 93.6 Å². The van der Waals surface area contributed by atoms with E-state index in [9.17, 15) is 23.2 Å². The third-order valence-corrected chi connectivity index (χ3v) is 9.47. The Kier molecular flexibility index (Phi) is 13.4. The predicted molar refractivity (Wildman–Crippen MR) is 194 cm³/mol. The second kappa shape index (κ2) is 17.5. The number of nitrogens with zero attached hydrogens (tertiary/aromatic N) is 3. The molecular formula is C40H51F2N5O3. The fourth-order valence-corrected chi connectivity index (χ4v) is 6.32. The van der Waals surface area contributed by atoms with Crippen LogP contribution in [0.2, 0.25) is 0 Å². The molecule has 0 aromatic heterocycles. The van der Waals surface area contributed by atoms with E-state index in [1.54, 1.807) is 13.1 Å². The van der Waals surface area contributed by atoms with Crippen molar-refractivity contribution in [3.63, 3.8) is 0 Å². The van der Waals surface area contributed by atoms with Gasteiger partial charge < -0.3 is 25.8 Å². The minimum Gasteiger partial charge on any atom is -0.354 e. The molecule has 1 unspecified atom stereocenters. The highest BCUT2D eigenvalue weighted by molar-refractivity contribution is 5.95. The maximum absolute atomic E-state index is 14.5. The highest BCUT2D eigenvalue weighted by Gasteiger charge is 2.35. The molecule has 268 valence electrons. The van der Waals surface area contributed by atoms with Crippen molar-refractivity contribution >= 4 is 17.7 Å². The summed E-state index contributed by atoms with van der Waals surface area (Å²) < 4.78 is 28.1. The average Bonchev–Trinajstić information content (AvgIpc) is 3.50. The van der Waals surface area contributed by atoms with E-state index >= 15 is 0 Å². The van der Waals surface area contributed by atoms with E-state index in [1.807, 2.05) is 68.4 Å². The minimum atomic E-state index is -1.05. The first-order chi connectivity index (χ1) is 23.7. The first kappa shape index (κ1) is 38.4. The molecule has 3 N–H and O–H groups in total. The molecule has 0 radical (unpaired) electrons. The molecule has 1 aliphatic heterocycles. The van der Waals surface area contributed by atoms with Crippen molar-refractivity contribution < 1.29 is 23.2 Å². The van der Waals surface area contributed by atoms with Crippen molar-refractivity contribution in [2.24, 2.45) is 5.73 Å². The Hall–Kier alpha value is -4.41. The largest absolute Gasteiger partial charge is 0.354 e. The molecule has 3 amide bonds. The molecule has 1 heterocycles. The molecule has 1 fully saturated rings. The summed E-state index contributed by atoms with van der Waals surface area (Å²) in [5, 5.41) is 2.99. The summed E-state index contributed by atoms with van der Waals surface area (Å²) in [6.07, 6.45) is 6.61. The molecule has 10 heteroatoms. The maximum atomic E-state index is 14.5. The number of nitrogens with one attached hydrogen (secondary N) is 1. The zero-order valence-electron chi connectivity index (χ0n) is 29.9. The van der Waals surface area contributed by atoms with Crippen LogP contribution in [-0.4, -0.2) is 90.3 Å². The number of carbonyl (C=O) groups excluding carboxylic acids is 3. The van der Waals surface area contributed by atoms with Gasteiger partial charge in [-0.2, -0.15) is 0 Å². The number of hydrogen-bond donors (Lipinski definition) is 2. The molecule has 0 bridgehead atoms. The van der Waals surface area contributed by atoms with Crippen LogP contribution in [-0.2, 0) is 27.2 Å². The van der Waals surface area contributed by atoms with Gasteiger partial charge in [-0.15, -0.1) is 0 Å². The van der Waals surface area contributed by atoms with Crippen LogP contribution < -0.4 is 11.1 Å². The molecule has 3 atom stereocenters. The predicted octanol–water partition coefficient (Wildman–Crippen LogP) is 5.36. The number of benzene rings is 3. The Balaban J connectivity index is 1.61. The SMILES string of the molecule is CN1CCCC1CCNC(=O)[C@@H](Cc1ccc(F)c(F)c1)N(C)C(=O)[C@@H](Cc1ccc(-c2ccccc2)cc1)N(C)C(=O)C=CCC(C)(C)N. The zero-order chi connectivity index (χ0) is 36.4. The van der Waals surface area contributed by atoms with Crippen molar-refractivity contribution in [1.29, 1.82) is 0 Å². The smallest absolute Gasteiger partial charge is 0.246 e. The Morgan fingerprint density at radius 1 is 0.920 bits per heavy atom. The number of amides is 3. The van der Waals surface area contributed by atoms with E-state index in [1.165, 1.54) is 29.0 Å². The molecule has 0 saturated carbocycles. The lowest BCUT2D eigenvalue weighted by atomic mass is 9.98. The summed E-state index contributed by atoms with van der Waals surface area (Å²) in [7, 11) is 5.16.